The molecular weight excluding hydrogens is 238 g/mol. The second kappa shape index (κ2) is 4.62. The Hall–Kier alpha value is -2.54. The molecule has 1 N–H and O–H groups in total. The number of benzene rings is 1. The summed E-state index contributed by atoms with van der Waals surface area (Å²) in [6, 6.07) is 11.8. The van der Waals surface area contributed by atoms with Crippen molar-refractivity contribution in [2.24, 2.45) is 0 Å². The lowest BCUT2D eigenvalue weighted by molar-refractivity contribution is 0.751. The normalized spacial score (nSPS) is 12.6. The molecule has 94 valence electrons. The summed E-state index contributed by atoms with van der Waals surface area (Å²) in [7, 11) is 0. The van der Waals surface area contributed by atoms with Crippen molar-refractivity contribution >= 4 is 5.69 Å². The van der Waals surface area contributed by atoms with Gasteiger partial charge in [0.2, 0.25) is 0 Å². The van der Waals surface area contributed by atoms with Crippen LogP contribution in [0.4, 0.5) is 5.69 Å². The topological polar surface area (TPSA) is 57.8 Å². The predicted molar refractivity (Wildman–Crippen MR) is 73.2 cm³/mol. The Morgan fingerprint density at radius 1 is 1.32 bits per heavy atom. The van der Waals surface area contributed by atoms with Gasteiger partial charge in [0.15, 0.2) is 0 Å². The Balaban J connectivity index is 2.09. The van der Waals surface area contributed by atoms with Gasteiger partial charge in [-0.25, -0.2) is 0 Å². The van der Waals surface area contributed by atoms with Gasteiger partial charge in [0.1, 0.15) is 11.6 Å². The van der Waals surface area contributed by atoms with Gasteiger partial charge in [0, 0.05) is 12.7 Å². The minimum atomic E-state index is -0.223. The van der Waals surface area contributed by atoms with Gasteiger partial charge in [-0.1, -0.05) is 30.3 Å². The molecule has 0 fully saturated rings. The molecule has 0 atom stereocenters. The second-order valence-electron chi connectivity index (χ2n) is 4.61. The number of hydrogen-bond donors (Lipinski definition) is 1. The third-order valence-electron chi connectivity index (χ3n) is 3.36. The number of fused-ring (bicyclic) bond motifs is 1. The third-order valence-corrected chi connectivity index (χ3v) is 3.36. The highest BCUT2D eigenvalue weighted by Crippen LogP contribution is 2.23. The summed E-state index contributed by atoms with van der Waals surface area (Å²) in [5, 5.41) is 12.3. The van der Waals surface area contributed by atoms with Gasteiger partial charge in [0.25, 0.3) is 5.56 Å². The maximum Gasteiger partial charge on any atom is 0.270 e. The lowest BCUT2D eigenvalue weighted by Crippen LogP contribution is -2.24. The van der Waals surface area contributed by atoms with Gasteiger partial charge >= 0.3 is 0 Å². The monoisotopic (exact) mass is 251 g/mol. The maximum absolute atomic E-state index is 12.3. The summed E-state index contributed by atoms with van der Waals surface area (Å²) in [6.45, 7) is 1.29. The minimum Gasteiger partial charge on any atom is -0.383 e. The largest absolute Gasteiger partial charge is 0.383 e. The Morgan fingerprint density at radius 2 is 2.11 bits per heavy atom. The van der Waals surface area contributed by atoms with E-state index >= 15 is 0 Å². The molecule has 4 nitrogen and oxygen atoms in total. The van der Waals surface area contributed by atoms with Crippen LogP contribution in [0.5, 0.6) is 0 Å². The summed E-state index contributed by atoms with van der Waals surface area (Å²) in [4.78, 5) is 12.3. The first kappa shape index (κ1) is 11.5. The first-order chi connectivity index (χ1) is 9.29. The molecule has 0 aliphatic carbocycles. The first-order valence-corrected chi connectivity index (χ1v) is 6.24. The van der Waals surface area contributed by atoms with Crippen LogP contribution in [0.2, 0.25) is 0 Å². The molecule has 1 aliphatic heterocycles. The molecule has 1 aromatic heterocycles. The van der Waals surface area contributed by atoms with Gasteiger partial charge in [-0.05, 0) is 17.5 Å². The van der Waals surface area contributed by atoms with Gasteiger partial charge in [-0.3, -0.25) is 4.79 Å². The van der Waals surface area contributed by atoms with Crippen LogP contribution < -0.4 is 10.9 Å². The van der Waals surface area contributed by atoms with Crippen molar-refractivity contribution < 1.29 is 0 Å². The number of anilines is 1. The molecule has 2 aromatic rings. The van der Waals surface area contributed by atoms with Crippen LogP contribution in [0, 0.1) is 11.3 Å². The highest BCUT2D eigenvalue weighted by atomic mass is 16.1. The zero-order valence-electron chi connectivity index (χ0n) is 10.4. The lowest BCUT2D eigenvalue weighted by atomic mass is 10.1. The molecule has 0 spiro atoms. The van der Waals surface area contributed by atoms with Gasteiger partial charge in [-0.2, -0.15) is 5.26 Å². The van der Waals surface area contributed by atoms with E-state index in [4.69, 9.17) is 5.26 Å². The number of nitrogens with zero attached hydrogens (tertiary/aromatic N) is 2. The molecule has 0 bridgehead atoms. The average molecular weight is 251 g/mol. The molecule has 0 radical (unpaired) electrons. The van der Waals surface area contributed by atoms with Crippen molar-refractivity contribution in [1.82, 2.24) is 4.57 Å². The highest BCUT2D eigenvalue weighted by molar-refractivity contribution is 5.64. The van der Waals surface area contributed by atoms with Crippen molar-refractivity contribution in [3.05, 3.63) is 63.6 Å². The van der Waals surface area contributed by atoms with E-state index in [2.05, 4.69) is 5.32 Å². The Morgan fingerprint density at radius 3 is 2.84 bits per heavy atom. The van der Waals surface area contributed by atoms with Crippen LogP contribution in [0.15, 0.2) is 41.3 Å². The van der Waals surface area contributed by atoms with Crippen LogP contribution >= 0.6 is 0 Å². The SMILES string of the molecule is N#Cc1c2c(cn(Cc3ccccc3)c1=O)CCN2. The van der Waals surface area contributed by atoms with Crippen molar-refractivity contribution in [1.29, 1.82) is 5.26 Å². The number of nitriles is 1. The van der Waals surface area contributed by atoms with E-state index in [-0.39, 0.29) is 11.1 Å². The summed E-state index contributed by atoms with van der Waals surface area (Å²) in [5.74, 6) is 0. The molecule has 4 heteroatoms. The lowest BCUT2D eigenvalue weighted by Gasteiger charge is -2.10. The number of nitrogens with one attached hydrogen (secondary N) is 1. The van der Waals surface area contributed by atoms with E-state index in [0.29, 0.717) is 6.54 Å². The van der Waals surface area contributed by atoms with Crippen molar-refractivity contribution in [3.63, 3.8) is 0 Å². The van der Waals surface area contributed by atoms with Crippen LogP contribution in [-0.2, 0) is 13.0 Å². The fourth-order valence-electron chi connectivity index (χ4n) is 2.44. The van der Waals surface area contributed by atoms with Gasteiger partial charge in [-0.15, -0.1) is 0 Å². The van der Waals surface area contributed by atoms with Crippen molar-refractivity contribution in [3.8, 4) is 6.07 Å². The average Bonchev–Trinajstić information content (AvgIpc) is 2.89. The second-order valence-corrected chi connectivity index (χ2v) is 4.61. The Labute approximate surface area is 110 Å². The quantitative estimate of drug-likeness (QED) is 0.884. The molecule has 1 aliphatic rings. The van der Waals surface area contributed by atoms with E-state index in [1.165, 1.54) is 0 Å². The molecule has 3 rings (SSSR count). The van der Waals surface area contributed by atoms with E-state index in [1.54, 1.807) is 4.57 Å². The molecular formula is C15H13N3O. The Bertz CT molecular complexity index is 711. The third kappa shape index (κ3) is 2.00. The Kier molecular flexibility index (Phi) is 2.81. The minimum absolute atomic E-state index is 0.223. The zero-order valence-corrected chi connectivity index (χ0v) is 10.4. The number of aromatic nitrogens is 1. The fraction of sp³-hybridized carbons (Fsp3) is 0.200. The summed E-state index contributed by atoms with van der Waals surface area (Å²) < 4.78 is 1.62. The molecule has 0 saturated heterocycles. The van der Waals surface area contributed by atoms with Crippen LogP contribution in [-0.4, -0.2) is 11.1 Å². The van der Waals surface area contributed by atoms with E-state index < -0.39 is 0 Å². The first-order valence-electron chi connectivity index (χ1n) is 6.24. The molecule has 0 saturated carbocycles. The summed E-state index contributed by atoms with van der Waals surface area (Å²) >= 11 is 0. The van der Waals surface area contributed by atoms with Crippen molar-refractivity contribution in [2.75, 3.05) is 11.9 Å². The van der Waals surface area contributed by atoms with Crippen LogP contribution in [0.1, 0.15) is 16.7 Å². The summed E-state index contributed by atoms with van der Waals surface area (Å²) in [5.41, 5.74) is 2.83. The predicted octanol–water partition coefficient (Wildman–Crippen LogP) is 1.74. The van der Waals surface area contributed by atoms with Gasteiger partial charge in [0.05, 0.1) is 12.2 Å². The standard InChI is InChI=1S/C15H13N3O/c16-8-13-14-12(6-7-17-14)10-18(15(13)19)9-11-4-2-1-3-5-11/h1-5,10,17H,6-7,9H2. The number of pyridine rings is 1. The van der Waals surface area contributed by atoms with Crippen LogP contribution in [0.3, 0.4) is 0 Å². The molecule has 1 aromatic carbocycles. The molecule has 19 heavy (non-hydrogen) atoms. The smallest absolute Gasteiger partial charge is 0.270 e. The van der Waals surface area contributed by atoms with Gasteiger partial charge < -0.3 is 9.88 Å². The van der Waals surface area contributed by atoms with E-state index in [1.807, 2.05) is 42.6 Å². The van der Waals surface area contributed by atoms with Crippen LogP contribution in [0.25, 0.3) is 0 Å². The van der Waals surface area contributed by atoms with E-state index in [9.17, 15) is 4.79 Å². The highest BCUT2D eigenvalue weighted by Gasteiger charge is 2.19. The summed E-state index contributed by atoms with van der Waals surface area (Å²) in [6.07, 6.45) is 2.73. The number of hydrogen-bond acceptors (Lipinski definition) is 3. The van der Waals surface area contributed by atoms with Crippen molar-refractivity contribution in [2.45, 2.75) is 13.0 Å². The molecule has 0 amide bonds. The number of rotatable bonds is 2. The van der Waals surface area contributed by atoms with E-state index in [0.717, 1.165) is 29.8 Å². The molecule has 2 heterocycles. The maximum atomic E-state index is 12.3. The fourth-order valence-corrected chi connectivity index (χ4v) is 2.44. The zero-order chi connectivity index (χ0) is 13.2. The molecule has 0 unspecified atom stereocenters.